The summed E-state index contributed by atoms with van der Waals surface area (Å²) in [5.41, 5.74) is -0.0955. The van der Waals surface area contributed by atoms with Crippen molar-refractivity contribution < 1.29 is 22.7 Å². The summed E-state index contributed by atoms with van der Waals surface area (Å²) >= 11 is 5.58. The quantitative estimate of drug-likeness (QED) is 0.750. The first kappa shape index (κ1) is 21.8. The van der Waals surface area contributed by atoms with E-state index in [-0.39, 0.29) is 42.4 Å². The molecule has 2 rings (SSSR count). The number of hydrogen-bond donors (Lipinski definition) is 1. The number of rotatable bonds is 7. The molecule has 1 aromatic heterocycles. The van der Waals surface area contributed by atoms with Gasteiger partial charge in [-0.15, -0.1) is 0 Å². The zero-order chi connectivity index (χ0) is 20.9. The molecule has 9 heteroatoms. The van der Waals surface area contributed by atoms with Crippen LogP contribution in [0.2, 0.25) is 5.02 Å². The predicted octanol–water partition coefficient (Wildman–Crippen LogP) is 3.59. The van der Waals surface area contributed by atoms with Gasteiger partial charge < -0.3 is 14.6 Å². The van der Waals surface area contributed by atoms with Crippen molar-refractivity contribution in [2.75, 3.05) is 13.7 Å². The molecule has 0 radical (unpaired) electrons. The molecule has 1 aromatic carbocycles. The van der Waals surface area contributed by atoms with Gasteiger partial charge in [0.15, 0.2) is 0 Å². The minimum Gasteiger partial charge on any atom is -0.496 e. The number of hydrogen-bond acceptors (Lipinski definition) is 3. The van der Waals surface area contributed by atoms with E-state index >= 15 is 0 Å². The lowest BCUT2D eigenvalue weighted by molar-refractivity contribution is -0.137. The van der Waals surface area contributed by atoms with Crippen LogP contribution in [-0.2, 0) is 23.9 Å². The summed E-state index contributed by atoms with van der Waals surface area (Å²) in [6, 6.07) is 6.66. The molecule has 0 fully saturated rings. The summed E-state index contributed by atoms with van der Waals surface area (Å²) in [7, 11) is 1.47. The fourth-order valence-electron chi connectivity index (χ4n) is 2.70. The Hall–Kier alpha value is -2.48. The third-order valence-electron chi connectivity index (χ3n) is 4.18. The van der Waals surface area contributed by atoms with E-state index in [1.165, 1.54) is 29.9 Å². The Balaban J connectivity index is 1.88. The maximum atomic E-state index is 12.9. The average Bonchev–Trinajstić information content (AvgIpc) is 2.62. The number of pyridine rings is 1. The van der Waals surface area contributed by atoms with E-state index in [0.717, 1.165) is 6.07 Å². The Kier molecular flexibility index (Phi) is 7.12. The summed E-state index contributed by atoms with van der Waals surface area (Å²) in [5, 5.41) is 2.29. The van der Waals surface area contributed by atoms with E-state index in [2.05, 4.69) is 5.32 Å². The molecule has 0 aliphatic heterocycles. The van der Waals surface area contributed by atoms with Crippen LogP contribution < -0.4 is 15.6 Å². The lowest BCUT2D eigenvalue weighted by Gasteiger charge is -2.12. The highest BCUT2D eigenvalue weighted by Gasteiger charge is 2.33. The number of methoxy groups -OCH3 is 1. The maximum Gasteiger partial charge on any atom is 0.417 e. The molecule has 1 N–H and O–H groups in total. The number of aromatic nitrogens is 1. The summed E-state index contributed by atoms with van der Waals surface area (Å²) in [4.78, 5) is 24.0. The van der Waals surface area contributed by atoms with Gasteiger partial charge in [0.1, 0.15) is 5.75 Å². The van der Waals surface area contributed by atoms with Crippen LogP contribution in [0.3, 0.4) is 0 Å². The van der Waals surface area contributed by atoms with Crippen molar-refractivity contribution >= 4 is 17.5 Å². The van der Waals surface area contributed by atoms with Crippen molar-refractivity contribution in [3.8, 4) is 5.75 Å². The second kappa shape index (κ2) is 9.14. The van der Waals surface area contributed by atoms with Gasteiger partial charge in [-0.25, -0.2) is 0 Å². The number of benzene rings is 1. The van der Waals surface area contributed by atoms with Crippen molar-refractivity contribution in [3.05, 3.63) is 62.5 Å². The fourth-order valence-corrected chi connectivity index (χ4v) is 2.93. The summed E-state index contributed by atoms with van der Waals surface area (Å²) in [6.07, 6.45) is -4.37. The Morgan fingerprint density at radius 3 is 2.57 bits per heavy atom. The molecule has 0 saturated carbocycles. The van der Waals surface area contributed by atoms with Gasteiger partial charge in [0.25, 0.3) is 5.56 Å². The number of nitrogens with zero attached hydrogens (tertiary/aromatic N) is 1. The van der Waals surface area contributed by atoms with Crippen molar-refractivity contribution in [1.29, 1.82) is 0 Å². The second-order valence-corrected chi connectivity index (χ2v) is 6.60. The predicted molar refractivity (Wildman–Crippen MR) is 99.8 cm³/mol. The van der Waals surface area contributed by atoms with Gasteiger partial charge in [-0.2, -0.15) is 13.2 Å². The molecular formula is C19H20ClF3N2O3. The van der Waals surface area contributed by atoms with E-state index in [9.17, 15) is 22.8 Å². The van der Waals surface area contributed by atoms with E-state index in [1.807, 2.05) is 0 Å². The van der Waals surface area contributed by atoms with E-state index in [0.29, 0.717) is 17.0 Å². The molecule has 0 spiro atoms. The minimum absolute atomic E-state index is 0.0232. The number of amides is 1. The number of alkyl halides is 3. The zero-order valence-corrected chi connectivity index (χ0v) is 16.2. The van der Waals surface area contributed by atoms with Crippen LogP contribution in [0, 0.1) is 6.92 Å². The monoisotopic (exact) mass is 416 g/mol. The lowest BCUT2D eigenvalue weighted by atomic mass is 10.1. The molecule has 2 aromatic rings. The van der Waals surface area contributed by atoms with Crippen LogP contribution in [0.25, 0.3) is 0 Å². The molecular weight excluding hydrogens is 397 g/mol. The number of carbonyl (C=O) groups excluding carboxylic acids is 1. The molecule has 1 heterocycles. The van der Waals surface area contributed by atoms with Gasteiger partial charge >= 0.3 is 6.18 Å². The van der Waals surface area contributed by atoms with Crippen LogP contribution in [0.5, 0.6) is 5.75 Å². The van der Waals surface area contributed by atoms with Gasteiger partial charge in [-0.1, -0.05) is 17.7 Å². The van der Waals surface area contributed by atoms with Gasteiger partial charge in [-0.3, -0.25) is 9.59 Å². The molecule has 152 valence electrons. The van der Waals surface area contributed by atoms with Crippen molar-refractivity contribution in [3.63, 3.8) is 0 Å². The average molecular weight is 417 g/mol. The third-order valence-corrected chi connectivity index (χ3v) is 4.51. The van der Waals surface area contributed by atoms with Crippen LogP contribution in [0.4, 0.5) is 13.2 Å². The van der Waals surface area contributed by atoms with Crippen LogP contribution >= 0.6 is 11.6 Å². The number of aryl methyl sites for hydroxylation is 2. The summed E-state index contributed by atoms with van der Waals surface area (Å²) in [5.74, 6) is 0.145. The van der Waals surface area contributed by atoms with Gasteiger partial charge in [0, 0.05) is 31.3 Å². The van der Waals surface area contributed by atoms with Crippen LogP contribution in [-0.4, -0.2) is 24.1 Å². The minimum atomic E-state index is -4.54. The SMILES string of the molecule is COc1cc(C)n(CCNC(=O)CCc2ccc(Cl)c(C(F)(F)F)c2)c(=O)c1. The highest BCUT2D eigenvalue weighted by molar-refractivity contribution is 6.31. The number of halogens is 4. The van der Waals surface area contributed by atoms with Crippen molar-refractivity contribution in [2.24, 2.45) is 0 Å². The van der Waals surface area contributed by atoms with E-state index in [4.69, 9.17) is 16.3 Å². The van der Waals surface area contributed by atoms with E-state index < -0.39 is 11.7 Å². The fraction of sp³-hybridized carbons (Fsp3) is 0.368. The normalized spacial score (nSPS) is 11.4. The van der Waals surface area contributed by atoms with E-state index in [1.54, 1.807) is 13.0 Å². The Bertz CT molecular complexity index is 910. The van der Waals surface area contributed by atoms with Gasteiger partial charge in [0.2, 0.25) is 5.91 Å². The highest BCUT2D eigenvalue weighted by Crippen LogP contribution is 2.35. The van der Waals surface area contributed by atoms with Crippen molar-refractivity contribution in [2.45, 2.75) is 32.5 Å². The summed E-state index contributed by atoms with van der Waals surface area (Å²) in [6.45, 7) is 2.25. The summed E-state index contributed by atoms with van der Waals surface area (Å²) < 4.78 is 45.1. The van der Waals surface area contributed by atoms with Crippen LogP contribution in [0.1, 0.15) is 23.2 Å². The highest BCUT2D eigenvalue weighted by atomic mass is 35.5. The molecule has 0 aliphatic rings. The second-order valence-electron chi connectivity index (χ2n) is 6.19. The first-order valence-corrected chi connectivity index (χ1v) is 8.87. The smallest absolute Gasteiger partial charge is 0.417 e. The van der Waals surface area contributed by atoms with Crippen LogP contribution in [0.15, 0.2) is 35.1 Å². The number of ether oxygens (including phenoxy) is 1. The molecule has 0 atom stereocenters. The lowest BCUT2D eigenvalue weighted by Crippen LogP contribution is -2.31. The number of nitrogens with one attached hydrogen (secondary N) is 1. The third kappa shape index (κ3) is 5.76. The first-order valence-electron chi connectivity index (χ1n) is 8.49. The Labute approximate surface area is 165 Å². The van der Waals surface area contributed by atoms with Gasteiger partial charge in [-0.05, 0) is 37.1 Å². The Morgan fingerprint density at radius 2 is 1.96 bits per heavy atom. The molecule has 0 unspecified atom stereocenters. The maximum absolute atomic E-state index is 12.9. The molecule has 5 nitrogen and oxygen atoms in total. The first-order chi connectivity index (χ1) is 13.1. The standard InChI is InChI=1S/C19H20ClF3N2O3/c1-12-9-14(28-2)11-18(27)25(12)8-7-24-17(26)6-4-13-3-5-16(20)15(10-13)19(21,22)23/h3,5,9-11H,4,6-8H2,1-2H3,(H,24,26). The van der Waals surface area contributed by atoms with Crippen molar-refractivity contribution in [1.82, 2.24) is 9.88 Å². The molecule has 0 aliphatic carbocycles. The number of carbonyl (C=O) groups is 1. The zero-order valence-electron chi connectivity index (χ0n) is 15.4. The topological polar surface area (TPSA) is 60.3 Å². The van der Waals surface area contributed by atoms with Gasteiger partial charge in [0.05, 0.1) is 17.7 Å². The molecule has 28 heavy (non-hydrogen) atoms. The largest absolute Gasteiger partial charge is 0.496 e. The molecule has 1 amide bonds. The molecule has 0 saturated heterocycles. The Morgan fingerprint density at radius 1 is 1.25 bits per heavy atom. The molecule has 0 bridgehead atoms.